The van der Waals surface area contributed by atoms with Gasteiger partial charge in [-0.15, -0.1) is 0 Å². The number of fused-ring (bicyclic) bond motifs is 1. The van der Waals surface area contributed by atoms with Gasteiger partial charge in [0.25, 0.3) is 0 Å². The molecule has 1 N–H and O–H groups in total. The fraction of sp³-hybridized carbons (Fsp3) is 0.333. The second-order valence-electron chi connectivity index (χ2n) is 5.63. The van der Waals surface area contributed by atoms with Crippen molar-refractivity contribution in [1.82, 2.24) is 0 Å². The van der Waals surface area contributed by atoms with Crippen LogP contribution in [0.15, 0.2) is 36.4 Å². The van der Waals surface area contributed by atoms with Crippen LogP contribution in [0.25, 0.3) is 0 Å². The maximum absolute atomic E-state index is 10.5. The lowest BCUT2D eigenvalue weighted by Crippen LogP contribution is -2.01. The van der Waals surface area contributed by atoms with Crippen molar-refractivity contribution in [3.63, 3.8) is 0 Å². The lowest BCUT2D eigenvalue weighted by Gasteiger charge is -2.14. The molecule has 0 radical (unpaired) electrons. The van der Waals surface area contributed by atoms with Gasteiger partial charge in [-0.2, -0.15) is 0 Å². The van der Waals surface area contributed by atoms with Gasteiger partial charge in [0.05, 0.1) is 0 Å². The van der Waals surface area contributed by atoms with Crippen molar-refractivity contribution in [2.75, 3.05) is 0 Å². The monoisotopic (exact) mass is 252 g/mol. The molecule has 0 fully saturated rings. The molecule has 0 saturated carbocycles. The first kappa shape index (κ1) is 12.4. The lowest BCUT2D eigenvalue weighted by atomic mass is 9.96. The summed E-state index contributed by atoms with van der Waals surface area (Å²) in [5, 5.41) is 10.5. The van der Waals surface area contributed by atoms with Gasteiger partial charge in [-0.05, 0) is 66.5 Å². The highest BCUT2D eigenvalue weighted by Gasteiger charge is 2.15. The zero-order valence-electron chi connectivity index (χ0n) is 11.6. The molecule has 3 rings (SSSR count). The third-order valence-electron chi connectivity index (χ3n) is 4.28. The third kappa shape index (κ3) is 2.31. The van der Waals surface area contributed by atoms with Gasteiger partial charge >= 0.3 is 0 Å². The predicted molar refractivity (Wildman–Crippen MR) is 78.4 cm³/mol. The van der Waals surface area contributed by atoms with Crippen molar-refractivity contribution in [3.8, 4) is 0 Å². The Balaban J connectivity index is 1.94. The Morgan fingerprint density at radius 1 is 0.842 bits per heavy atom. The van der Waals surface area contributed by atoms with Crippen LogP contribution in [0.1, 0.15) is 45.9 Å². The van der Waals surface area contributed by atoms with Crippen LogP contribution in [0, 0.1) is 13.8 Å². The number of benzene rings is 2. The second-order valence-corrected chi connectivity index (χ2v) is 5.63. The standard InChI is InChI=1S/C18H20O/c1-12-6-7-16(10-13(12)2)18(19)17-9-8-14-4-3-5-15(14)11-17/h6-11,18-19H,3-5H2,1-2H3. The van der Waals surface area contributed by atoms with Crippen LogP contribution in [-0.4, -0.2) is 5.11 Å². The molecule has 0 spiro atoms. The Labute approximate surface area is 114 Å². The largest absolute Gasteiger partial charge is 0.384 e. The van der Waals surface area contributed by atoms with Gasteiger partial charge in [-0.3, -0.25) is 0 Å². The summed E-state index contributed by atoms with van der Waals surface area (Å²) in [6.45, 7) is 4.19. The van der Waals surface area contributed by atoms with E-state index in [0.717, 1.165) is 17.5 Å². The van der Waals surface area contributed by atoms with Crippen molar-refractivity contribution >= 4 is 0 Å². The summed E-state index contributed by atoms with van der Waals surface area (Å²) in [5.74, 6) is 0. The number of aliphatic hydroxyl groups excluding tert-OH is 1. The number of hydrogen-bond donors (Lipinski definition) is 1. The van der Waals surface area contributed by atoms with Crippen LogP contribution >= 0.6 is 0 Å². The van der Waals surface area contributed by atoms with E-state index in [0.29, 0.717) is 0 Å². The van der Waals surface area contributed by atoms with Crippen molar-refractivity contribution in [1.29, 1.82) is 0 Å². The zero-order chi connectivity index (χ0) is 13.4. The molecule has 2 aromatic carbocycles. The minimum atomic E-state index is -0.509. The minimum absolute atomic E-state index is 0.509. The third-order valence-corrected chi connectivity index (χ3v) is 4.28. The molecule has 1 aliphatic carbocycles. The Morgan fingerprint density at radius 3 is 2.32 bits per heavy atom. The fourth-order valence-electron chi connectivity index (χ4n) is 2.89. The summed E-state index contributed by atoms with van der Waals surface area (Å²) in [4.78, 5) is 0. The van der Waals surface area contributed by atoms with E-state index in [1.54, 1.807) is 0 Å². The second kappa shape index (κ2) is 4.82. The van der Waals surface area contributed by atoms with Crippen LogP contribution in [0.3, 0.4) is 0 Å². The van der Waals surface area contributed by atoms with Crippen LogP contribution in [0.4, 0.5) is 0 Å². The van der Waals surface area contributed by atoms with E-state index in [-0.39, 0.29) is 0 Å². The number of rotatable bonds is 2. The van der Waals surface area contributed by atoms with Crippen LogP contribution in [0.2, 0.25) is 0 Å². The lowest BCUT2D eigenvalue weighted by molar-refractivity contribution is 0.220. The van der Waals surface area contributed by atoms with Crippen molar-refractivity contribution in [2.24, 2.45) is 0 Å². The molecule has 1 nitrogen and oxygen atoms in total. The van der Waals surface area contributed by atoms with Crippen LogP contribution in [0.5, 0.6) is 0 Å². The van der Waals surface area contributed by atoms with Crippen LogP contribution < -0.4 is 0 Å². The molecule has 1 heteroatoms. The molecular weight excluding hydrogens is 232 g/mol. The molecule has 19 heavy (non-hydrogen) atoms. The number of aryl methyl sites for hydroxylation is 4. The summed E-state index contributed by atoms with van der Waals surface area (Å²) in [5.41, 5.74) is 7.38. The SMILES string of the molecule is Cc1ccc(C(O)c2ccc3c(c2)CCC3)cc1C. The van der Waals surface area contributed by atoms with Crippen molar-refractivity contribution < 1.29 is 5.11 Å². The fourth-order valence-corrected chi connectivity index (χ4v) is 2.89. The molecule has 1 aliphatic rings. The Morgan fingerprint density at radius 2 is 1.53 bits per heavy atom. The Hall–Kier alpha value is -1.60. The molecule has 0 aliphatic heterocycles. The number of aliphatic hydroxyl groups is 1. The molecule has 0 bridgehead atoms. The molecular formula is C18H20O. The minimum Gasteiger partial charge on any atom is -0.384 e. The van der Waals surface area contributed by atoms with E-state index < -0.39 is 6.10 Å². The summed E-state index contributed by atoms with van der Waals surface area (Å²) in [7, 11) is 0. The first-order valence-corrected chi connectivity index (χ1v) is 7.02. The van der Waals surface area contributed by atoms with E-state index in [1.165, 1.54) is 35.1 Å². The van der Waals surface area contributed by atoms with E-state index in [1.807, 2.05) is 6.07 Å². The Kier molecular flexibility index (Phi) is 3.16. The number of hydrogen-bond acceptors (Lipinski definition) is 1. The molecule has 1 atom stereocenters. The van der Waals surface area contributed by atoms with Crippen molar-refractivity contribution in [2.45, 2.75) is 39.2 Å². The van der Waals surface area contributed by atoms with Gasteiger partial charge in [0.15, 0.2) is 0 Å². The van der Waals surface area contributed by atoms with Gasteiger partial charge in [-0.25, -0.2) is 0 Å². The average Bonchev–Trinajstić information content (AvgIpc) is 2.88. The van der Waals surface area contributed by atoms with Gasteiger partial charge in [-0.1, -0.05) is 36.4 Å². The van der Waals surface area contributed by atoms with Gasteiger partial charge in [0, 0.05) is 0 Å². The summed E-state index contributed by atoms with van der Waals surface area (Å²) >= 11 is 0. The van der Waals surface area contributed by atoms with Gasteiger partial charge in [0.2, 0.25) is 0 Å². The van der Waals surface area contributed by atoms with E-state index in [2.05, 4.69) is 44.2 Å². The van der Waals surface area contributed by atoms with Gasteiger partial charge < -0.3 is 5.11 Å². The summed E-state index contributed by atoms with van der Waals surface area (Å²) in [6, 6.07) is 12.6. The van der Waals surface area contributed by atoms with Crippen molar-refractivity contribution in [3.05, 3.63) is 69.8 Å². The molecule has 0 saturated heterocycles. The summed E-state index contributed by atoms with van der Waals surface area (Å²) < 4.78 is 0. The van der Waals surface area contributed by atoms with E-state index in [4.69, 9.17) is 0 Å². The maximum Gasteiger partial charge on any atom is 0.104 e. The van der Waals surface area contributed by atoms with E-state index >= 15 is 0 Å². The quantitative estimate of drug-likeness (QED) is 0.860. The highest BCUT2D eigenvalue weighted by Crippen LogP contribution is 2.29. The molecule has 98 valence electrons. The van der Waals surface area contributed by atoms with Gasteiger partial charge in [0.1, 0.15) is 6.10 Å². The smallest absolute Gasteiger partial charge is 0.104 e. The molecule has 1 unspecified atom stereocenters. The summed E-state index contributed by atoms with van der Waals surface area (Å²) in [6.07, 6.45) is 3.08. The zero-order valence-corrected chi connectivity index (χ0v) is 11.6. The highest BCUT2D eigenvalue weighted by atomic mass is 16.3. The molecule has 0 amide bonds. The molecule has 0 aromatic heterocycles. The average molecular weight is 252 g/mol. The Bertz CT molecular complexity index is 613. The normalized spacial score (nSPS) is 15.3. The topological polar surface area (TPSA) is 20.2 Å². The van der Waals surface area contributed by atoms with Crippen LogP contribution in [-0.2, 0) is 12.8 Å². The first-order valence-electron chi connectivity index (χ1n) is 7.02. The predicted octanol–water partition coefficient (Wildman–Crippen LogP) is 3.87. The maximum atomic E-state index is 10.5. The molecule has 0 heterocycles. The first-order chi connectivity index (χ1) is 9.15. The molecule has 2 aromatic rings. The van der Waals surface area contributed by atoms with E-state index in [9.17, 15) is 5.11 Å². The highest BCUT2D eigenvalue weighted by molar-refractivity contribution is 5.40.